The molecule has 0 fully saturated rings. The minimum Gasteiger partial charge on any atom is -0.487 e. The Morgan fingerprint density at radius 3 is 2.65 bits per heavy atom. The summed E-state index contributed by atoms with van der Waals surface area (Å²) in [6.07, 6.45) is 3.23. The molecule has 1 aromatic heterocycles. The monoisotopic (exact) mass is 510 g/mol. The number of nitro groups is 1. The van der Waals surface area contributed by atoms with Crippen LogP contribution in [0.25, 0.3) is 10.9 Å². The number of fused-ring (bicyclic) bond motifs is 1. The van der Waals surface area contributed by atoms with Gasteiger partial charge in [-0.25, -0.2) is 9.97 Å². The van der Waals surface area contributed by atoms with Crippen LogP contribution in [-0.2, 0) is 14.3 Å². The van der Waals surface area contributed by atoms with E-state index in [1.54, 1.807) is 0 Å². The standard InChI is InChI=1S/C19H19BrN4O6S/c1-31(27,28)30-8-3-2-7-29-18-11-16-15(10-17(18)24(25)26)19(22-12-21-16)23-14-6-4-5-13(20)9-14/h4-6,9-12H,2-3,7-8H2,1H3,(H,21,22,23). The average Bonchev–Trinajstić information content (AvgIpc) is 2.69. The van der Waals surface area contributed by atoms with Crippen LogP contribution >= 0.6 is 15.9 Å². The lowest BCUT2D eigenvalue weighted by Gasteiger charge is -2.11. The Hall–Kier alpha value is -2.83. The van der Waals surface area contributed by atoms with Crippen molar-refractivity contribution < 1.29 is 22.3 Å². The highest BCUT2D eigenvalue weighted by Gasteiger charge is 2.19. The second-order valence-electron chi connectivity index (χ2n) is 6.53. The zero-order valence-electron chi connectivity index (χ0n) is 16.4. The first kappa shape index (κ1) is 22.8. The Morgan fingerprint density at radius 1 is 1.16 bits per heavy atom. The Kier molecular flexibility index (Phi) is 7.36. The fraction of sp³-hybridized carbons (Fsp3) is 0.263. The van der Waals surface area contributed by atoms with Gasteiger partial charge in [0, 0.05) is 22.3 Å². The number of rotatable bonds is 10. The molecule has 0 saturated heterocycles. The second-order valence-corrected chi connectivity index (χ2v) is 9.09. The fourth-order valence-electron chi connectivity index (χ4n) is 2.73. The minimum atomic E-state index is -3.49. The smallest absolute Gasteiger partial charge is 0.311 e. The van der Waals surface area contributed by atoms with E-state index in [1.807, 2.05) is 24.3 Å². The first-order chi connectivity index (χ1) is 14.7. The van der Waals surface area contributed by atoms with Crippen molar-refractivity contribution in [2.75, 3.05) is 24.8 Å². The van der Waals surface area contributed by atoms with Gasteiger partial charge in [0.25, 0.3) is 10.1 Å². The Balaban J connectivity index is 1.78. The molecule has 0 atom stereocenters. The van der Waals surface area contributed by atoms with E-state index in [2.05, 4.69) is 35.4 Å². The molecule has 12 heteroatoms. The first-order valence-corrected chi connectivity index (χ1v) is 11.8. The molecule has 3 aromatic rings. The lowest BCUT2D eigenvalue weighted by atomic mass is 10.2. The number of anilines is 2. The van der Waals surface area contributed by atoms with E-state index in [0.717, 1.165) is 16.4 Å². The number of hydrogen-bond acceptors (Lipinski definition) is 9. The predicted molar refractivity (Wildman–Crippen MR) is 119 cm³/mol. The third kappa shape index (κ3) is 6.57. The summed E-state index contributed by atoms with van der Waals surface area (Å²) in [7, 11) is -3.49. The number of halogens is 1. The maximum atomic E-state index is 11.6. The molecule has 0 saturated carbocycles. The molecule has 0 aliphatic heterocycles. The van der Waals surface area contributed by atoms with Crippen molar-refractivity contribution in [1.82, 2.24) is 9.97 Å². The van der Waals surface area contributed by atoms with Gasteiger partial charge in [-0.3, -0.25) is 14.3 Å². The van der Waals surface area contributed by atoms with Crippen LogP contribution in [0.4, 0.5) is 17.2 Å². The van der Waals surface area contributed by atoms with Gasteiger partial charge >= 0.3 is 5.69 Å². The number of aromatic nitrogens is 2. The van der Waals surface area contributed by atoms with Crippen LogP contribution in [0.2, 0.25) is 0 Å². The summed E-state index contributed by atoms with van der Waals surface area (Å²) in [6.45, 7) is 0.188. The van der Waals surface area contributed by atoms with Gasteiger partial charge in [0.2, 0.25) is 0 Å². The SMILES string of the molecule is CS(=O)(=O)OCCCCOc1cc2ncnc(Nc3cccc(Br)c3)c2cc1[N+](=O)[O-]. The van der Waals surface area contributed by atoms with Crippen molar-refractivity contribution in [1.29, 1.82) is 0 Å². The topological polar surface area (TPSA) is 134 Å². The molecule has 0 amide bonds. The van der Waals surface area contributed by atoms with Gasteiger partial charge in [-0.1, -0.05) is 22.0 Å². The Labute approximate surface area is 187 Å². The number of nitrogens with zero attached hydrogens (tertiary/aromatic N) is 3. The van der Waals surface area contributed by atoms with Gasteiger partial charge in [0.1, 0.15) is 12.1 Å². The van der Waals surface area contributed by atoms with Gasteiger partial charge in [-0.2, -0.15) is 8.42 Å². The van der Waals surface area contributed by atoms with Crippen molar-refractivity contribution in [3.05, 3.63) is 57.3 Å². The molecule has 1 N–H and O–H groups in total. The van der Waals surface area contributed by atoms with Gasteiger partial charge in [0.05, 0.1) is 35.3 Å². The van der Waals surface area contributed by atoms with E-state index in [4.69, 9.17) is 4.74 Å². The highest BCUT2D eigenvalue weighted by atomic mass is 79.9. The molecule has 0 bridgehead atoms. The summed E-state index contributed by atoms with van der Waals surface area (Å²) in [5, 5.41) is 15.2. The first-order valence-electron chi connectivity index (χ1n) is 9.16. The molecule has 31 heavy (non-hydrogen) atoms. The van der Waals surface area contributed by atoms with E-state index in [-0.39, 0.29) is 24.7 Å². The summed E-state index contributed by atoms with van der Waals surface area (Å²) in [6, 6.07) is 10.3. The molecule has 2 aromatic carbocycles. The van der Waals surface area contributed by atoms with Crippen molar-refractivity contribution in [2.45, 2.75) is 12.8 Å². The van der Waals surface area contributed by atoms with Gasteiger partial charge < -0.3 is 10.1 Å². The summed E-state index contributed by atoms with van der Waals surface area (Å²) < 4.78 is 33.0. The third-order valence-electron chi connectivity index (χ3n) is 4.09. The maximum absolute atomic E-state index is 11.6. The number of ether oxygens (including phenoxy) is 1. The predicted octanol–water partition coefficient (Wildman–Crippen LogP) is 4.18. The van der Waals surface area contributed by atoms with Crippen molar-refractivity contribution in [3.8, 4) is 5.75 Å². The van der Waals surface area contributed by atoms with E-state index in [9.17, 15) is 18.5 Å². The fourth-order valence-corrected chi connectivity index (χ4v) is 3.55. The van der Waals surface area contributed by atoms with E-state index in [1.165, 1.54) is 18.5 Å². The van der Waals surface area contributed by atoms with Crippen molar-refractivity contribution >= 4 is 54.1 Å². The number of nitro benzene ring substituents is 1. The van der Waals surface area contributed by atoms with Crippen LogP contribution in [-0.4, -0.2) is 42.8 Å². The van der Waals surface area contributed by atoms with Gasteiger partial charge in [-0.05, 0) is 31.0 Å². The van der Waals surface area contributed by atoms with Crippen molar-refractivity contribution in [3.63, 3.8) is 0 Å². The maximum Gasteiger partial charge on any atom is 0.311 e. The molecule has 0 unspecified atom stereocenters. The van der Waals surface area contributed by atoms with E-state index in [0.29, 0.717) is 29.6 Å². The zero-order chi connectivity index (χ0) is 22.4. The van der Waals surface area contributed by atoms with Crippen LogP contribution in [0.15, 0.2) is 47.2 Å². The highest BCUT2D eigenvalue weighted by Crippen LogP contribution is 2.34. The molecular weight excluding hydrogens is 492 g/mol. The van der Waals surface area contributed by atoms with Gasteiger partial charge in [0.15, 0.2) is 5.75 Å². The summed E-state index contributed by atoms with van der Waals surface area (Å²) in [5.74, 6) is 0.504. The number of benzene rings is 2. The molecule has 0 aliphatic carbocycles. The molecule has 0 aliphatic rings. The van der Waals surface area contributed by atoms with Crippen LogP contribution in [0.1, 0.15) is 12.8 Å². The molecule has 0 spiro atoms. The normalized spacial score (nSPS) is 11.4. The van der Waals surface area contributed by atoms with Crippen LogP contribution < -0.4 is 10.1 Å². The molecule has 10 nitrogen and oxygen atoms in total. The number of nitrogens with one attached hydrogen (secondary N) is 1. The van der Waals surface area contributed by atoms with Crippen LogP contribution in [0.3, 0.4) is 0 Å². The largest absolute Gasteiger partial charge is 0.487 e. The molecule has 3 rings (SSSR count). The lowest BCUT2D eigenvalue weighted by molar-refractivity contribution is -0.385. The average molecular weight is 511 g/mol. The number of unbranched alkanes of at least 4 members (excludes halogenated alkanes) is 1. The van der Waals surface area contributed by atoms with Crippen LogP contribution in [0, 0.1) is 10.1 Å². The van der Waals surface area contributed by atoms with E-state index < -0.39 is 15.0 Å². The quantitative estimate of drug-likeness (QED) is 0.184. The number of hydrogen-bond donors (Lipinski definition) is 1. The van der Waals surface area contributed by atoms with Crippen molar-refractivity contribution in [2.24, 2.45) is 0 Å². The Bertz CT molecular complexity index is 1210. The summed E-state index contributed by atoms with van der Waals surface area (Å²) in [5.41, 5.74) is 1.02. The zero-order valence-corrected chi connectivity index (χ0v) is 18.8. The van der Waals surface area contributed by atoms with Gasteiger partial charge in [-0.15, -0.1) is 0 Å². The van der Waals surface area contributed by atoms with Crippen LogP contribution in [0.5, 0.6) is 5.75 Å². The Morgan fingerprint density at radius 2 is 1.94 bits per heavy atom. The third-order valence-corrected chi connectivity index (χ3v) is 5.18. The lowest BCUT2D eigenvalue weighted by Crippen LogP contribution is -2.06. The molecule has 0 radical (unpaired) electrons. The summed E-state index contributed by atoms with van der Waals surface area (Å²) in [4.78, 5) is 19.5. The minimum absolute atomic E-state index is 0.0276. The molecule has 1 heterocycles. The second kappa shape index (κ2) is 9.98. The highest BCUT2D eigenvalue weighted by molar-refractivity contribution is 9.10. The molecular formula is C19H19BrN4O6S. The molecule has 164 valence electrons. The summed E-state index contributed by atoms with van der Waals surface area (Å²) >= 11 is 3.40. The van der Waals surface area contributed by atoms with E-state index >= 15 is 0 Å².